The fourth-order valence-corrected chi connectivity index (χ4v) is 3.03. The summed E-state index contributed by atoms with van der Waals surface area (Å²) in [7, 11) is 3.08. The van der Waals surface area contributed by atoms with E-state index in [1.54, 1.807) is 7.05 Å². The summed E-state index contributed by atoms with van der Waals surface area (Å²) >= 11 is 1.20. The predicted octanol–water partition coefficient (Wildman–Crippen LogP) is 0.708. The van der Waals surface area contributed by atoms with Crippen molar-refractivity contribution in [3.05, 3.63) is 16.1 Å². The molecule has 112 valence electrons. The van der Waals surface area contributed by atoms with Gasteiger partial charge in [0.15, 0.2) is 0 Å². The third-order valence-corrected chi connectivity index (χ3v) is 4.41. The number of hydrogen-bond donors (Lipinski definition) is 2. The van der Waals surface area contributed by atoms with Crippen LogP contribution < -0.4 is 11.1 Å². The van der Waals surface area contributed by atoms with Gasteiger partial charge in [0.05, 0.1) is 17.9 Å². The zero-order valence-corrected chi connectivity index (χ0v) is 13.2. The molecule has 2 aromatic rings. The molecular formula is C13H17N5O2S. The minimum absolute atomic E-state index is 0.0211. The maximum Gasteiger partial charge on any atom is 0.266 e. The first-order valence-electron chi connectivity index (χ1n) is 6.34. The van der Waals surface area contributed by atoms with Crippen LogP contribution in [0, 0.1) is 13.8 Å². The number of hydrogen-bond acceptors (Lipinski definition) is 6. The van der Waals surface area contributed by atoms with Crippen LogP contribution in [0.1, 0.15) is 20.9 Å². The Morgan fingerprint density at radius 3 is 2.62 bits per heavy atom. The van der Waals surface area contributed by atoms with Gasteiger partial charge in [-0.15, -0.1) is 16.4 Å². The number of aromatic nitrogens is 2. The van der Waals surface area contributed by atoms with E-state index in [0.29, 0.717) is 15.4 Å². The lowest BCUT2D eigenvalue weighted by molar-refractivity contribution is -0.121. The van der Waals surface area contributed by atoms with E-state index in [1.165, 1.54) is 23.3 Å². The highest BCUT2D eigenvalue weighted by atomic mass is 32.1. The molecule has 7 nitrogen and oxygen atoms in total. The monoisotopic (exact) mass is 307 g/mol. The lowest BCUT2D eigenvalue weighted by atomic mass is 10.1. The second kappa shape index (κ2) is 5.65. The lowest BCUT2D eigenvalue weighted by Crippen LogP contribution is -2.36. The molecule has 3 N–H and O–H groups in total. The van der Waals surface area contributed by atoms with Crippen LogP contribution >= 0.6 is 11.3 Å². The third-order valence-electron chi connectivity index (χ3n) is 3.34. The first-order valence-corrected chi connectivity index (χ1v) is 7.16. The van der Waals surface area contributed by atoms with Crippen molar-refractivity contribution >= 4 is 39.1 Å². The van der Waals surface area contributed by atoms with Gasteiger partial charge in [0.25, 0.3) is 5.91 Å². The highest BCUT2D eigenvalue weighted by molar-refractivity contribution is 7.21. The van der Waals surface area contributed by atoms with Gasteiger partial charge >= 0.3 is 0 Å². The predicted molar refractivity (Wildman–Crippen MR) is 82.3 cm³/mol. The number of nitrogens with zero attached hydrogens (tertiary/aromatic N) is 3. The highest BCUT2D eigenvalue weighted by Crippen LogP contribution is 2.35. The summed E-state index contributed by atoms with van der Waals surface area (Å²) in [6.45, 7) is 3.72. The number of anilines is 1. The second-order valence-corrected chi connectivity index (χ2v) is 5.77. The lowest BCUT2D eigenvalue weighted by Gasteiger charge is -2.15. The molecule has 2 heterocycles. The normalized spacial score (nSPS) is 10.7. The molecule has 0 radical (unpaired) electrons. The van der Waals surface area contributed by atoms with Crippen LogP contribution in [0.2, 0.25) is 0 Å². The van der Waals surface area contributed by atoms with E-state index >= 15 is 0 Å². The van der Waals surface area contributed by atoms with E-state index < -0.39 is 0 Å². The summed E-state index contributed by atoms with van der Waals surface area (Å²) in [4.78, 5) is 26.1. The number of nitrogen functional groups attached to an aromatic ring is 1. The molecule has 0 saturated heterocycles. The summed E-state index contributed by atoms with van der Waals surface area (Å²) in [6, 6.07) is 0. The van der Waals surface area contributed by atoms with E-state index in [0.717, 1.165) is 16.6 Å². The summed E-state index contributed by atoms with van der Waals surface area (Å²) in [6.07, 6.45) is 0. The number of rotatable bonds is 3. The number of carbonyl (C=O) groups is 2. The first-order chi connectivity index (χ1) is 9.86. The van der Waals surface area contributed by atoms with Crippen LogP contribution in [0.5, 0.6) is 0 Å². The number of nitrogens with one attached hydrogen (secondary N) is 1. The van der Waals surface area contributed by atoms with Crippen LogP contribution in [0.15, 0.2) is 0 Å². The van der Waals surface area contributed by atoms with E-state index in [9.17, 15) is 9.59 Å². The fourth-order valence-electron chi connectivity index (χ4n) is 1.94. The average Bonchev–Trinajstić information content (AvgIpc) is 2.79. The zero-order chi connectivity index (χ0) is 15.7. The van der Waals surface area contributed by atoms with Crippen molar-refractivity contribution in [2.45, 2.75) is 13.8 Å². The largest absolute Gasteiger partial charge is 0.397 e. The van der Waals surface area contributed by atoms with Gasteiger partial charge in [-0.25, -0.2) is 0 Å². The minimum atomic E-state index is -0.295. The van der Waals surface area contributed by atoms with Gasteiger partial charge in [-0.3, -0.25) is 9.59 Å². The van der Waals surface area contributed by atoms with Crippen LogP contribution in [-0.4, -0.2) is 47.6 Å². The Hall–Kier alpha value is -2.22. The van der Waals surface area contributed by atoms with Gasteiger partial charge < -0.3 is 16.0 Å². The molecule has 0 aliphatic heterocycles. The van der Waals surface area contributed by atoms with Crippen LogP contribution in [0.4, 0.5) is 5.69 Å². The molecule has 0 aliphatic rings. The number of likely N-dealkylation sites (N-methyl/N-ethyl adjacent to an activating group) is 2. The van der Waals surface area contributed by atoms with Gasteiger partial charge in [0.2, 0.25) is 5.91 Å². The molecule has 21 heavy (non-hydrogen) atoms. The Morgan fingerprint density at radius 1 is 1.33 bits per heavy atom. The molecule has 2 amide bonds. The molecule has 0 aromatic carbocycles. The Balaban J connectivity index is 2.43. The van der Waals surface area contributed by atoms with E-state index in [2.05, 4.69) is 15.5 Å². The molecule has 2 aromatic heterocycles. The molecule has 0 spiro atoms. The van der Waals surface area contributed by atoms with Crippen molar-refractivity contribution in [2.24, 2.45) is 0 Å². The third kappa shape index (κ3) is 2.66. The van der Waals surface area contributed by atoms with Crippen molar-refractivity contribution in [3.63, 3.8) is 0 Å². The Labute approximate surface area is 126 Å². The maximum atomic E-state index is 12.4. The quantitative estimate of drug-likeness (QED) is 0.869. The summed E-state index contributed by atoms with van der Waals surface area (Å²) in [5, 5.41) is 11.4. The van der Waals surface area contributed by atoms with E-state index in [4.69, 9.17) is 5.73 Å². The van der Waals surface area contributed by atoms with Gasteiger partial charge in [-0.2, -0.15) is 5.10 Å². The van der Waals surface area contributed by atoms with Crippen molar-refractivity contribution in [2.75, 3.05) is 26.4 Å². The number of nitrogens with two attached hydrogens (primary N) is 1. The van der Waals surface area contributed by atoms with Gasteiger partial charge in [-0.05, 0) is 19.4 Å². The molecule has 8 heteroatoms. The molecule has 0 atom stereocenters. The topological polar surface area (TPSA) is 101 Å². The fraction of sp³-hybridized carbons (Fsp3) is 0.385. The standard InChI is InChI=1S/C13H17N5O2S/c1-6-7(2)16-17-12-9(6)10(14)11(21-12)13(20)18(4)5-8(19)15-3/h5,14H2,1-4H3,(H,15,19). The summed E-state index contributed by atoms with van der Waals surface area (Å²) < 4.78 is 0. The Bertz CT molecular complexity index is 725. The summed E-state index contributed by atoms with van der Waals surface area (Å²) in [5.74, 6) is -0.534. The van der Waals surface area contributed by atoms with Crippen LogP contribution in [0.3, 0.4) is 0 Å². The number of thiophene rings is 1. The first kappa shape index (κ1) is 15.2. The highest BCUT2D eigenvalue weighted by Gasteiger charge is 2.23. The molecular weight excluding hydrogens is 290 g/mol. The average molecular weight is 307 g/mol. The van der Waals surface area contributed by atoms with Crippen molar-refractivity contribution in [1.82, 2.24) is 20.4 Å². The van der Waals surface area contributed by atoms with Crippen LogP contribution in [0.25, 0.3) is 10.2 Å². The van der Waals surface area contributed by atoms with Crippen molar-refractivity contribution < 1.29 is 9.59 Å². The molecule has 0 unspecified atom stereocenters. The Morgan fingerprint density at radius 2 is 2.00 bits per heavy atom. The van der Waals surface area contributed by atoms with Crippen molar-refractivity contribution in [3.8, 4) is 0 Å². The molecule has 0 bridgehead atoms. The summed E-state index contributed by atoms with van der Waals surface area (Å²) in [5.41, 5.74) is 8.21. The van der Waals surface area contributed by atoms with Gasteiger partial charge in [-0.1, -0.05) is 0 Å². The Kier molecular flexibility index (Phi) is 4.08. The minimum Gasteiger partial charge on any atom is -0.397 e. The number of amides is 2. The smallest absolute Gasteiger partial charge is 0.266 e. The number of fused-ring (bicyclic) bond motifs is 1. The maximum absolute atomic E-state index is 12.4. The zero-order valence-electron chi connectivity index (χ0n) is 12.4. The van der Waals surface area contributed by atoms with E-state index in [1.807, 2.05) is 13.8 Å². The second-order valence-electron chi connectivity index (χ2n) is 4.77. The SMILES string of the molecule is CNC(=O)CN(C)C(=O)c1sc2nnc(C)c(C)c2c1N. The van der Waals surface area contributed by atoms with E-state index in [-0.39, 0.29) is 18.4 Å². The number of aryl methyl sites for hydroxylation is 2. The molecule has 0 aliphatic carbocycles. The van der Waals surface area contributed by atoms with Crippen molar-refractivity contribution in [1.29, 1.82) is 0 Å². The van der Waals surface area contributed by atoms with Crippen LogP contribution in [-0.2, 0) is 4.79 Å². The molecule has 0 fully saturated rings. The molecule has 0 saturated carbocycles. The molecule has 2 rings (SSSR count). The van der Waals surface area contributed by atoms with Gasteiger partial charge in [0.1, 0.15) is 9.71 Å². The van der Waals surface area contributed by atoms with Gasteiger partial charge in [0, 0.05) is 19.5 Å². The number of carbonyl (C=O) groups excluding carboxylic acids is 2.